The van der Waals surface area contributed by atoms with E-state index in [1.165, 1.54) is 0 Å². The van der Waals surface area contributed by atoms with Crippen molar-refractivity contribution in [2.75, 3.05) is 11.1 Å². The fourth-order valence-electron chi connectivity index (χ4n) is 2.16. The molecule has 0 saturated carbocycles. The summed E-state index contributed by atoms with van der Waals surface area (Å²) in [6, 6.07) is 15.9. The summed E-state index contributed by atoms with van der Waals surface area (Å²) in [7, 11) is 0. The molecule has 5 heteroatoms. The molecule has 1 heterocycles. The molecule has 0 aliphatic carbocycles. The first-order valence-electron chi connectivity index (χ1n) is 6.68. The van der Waals surface area contributed by atoms with E-state index in [1.54, 1.807) is 0 Å². The van der Waals surface area contributed by atoms with Crippen LogP contribution in [0.4, 0.5) is 11.6 Å². The molecule has 21 heavy (non-hydrogen) atoms. The molecule has 0 amide bonds. The van der Waals surface area contributed by atoms with E-state index in [1.807, 2.05) is 36.4 Å². The van der Waals surface area contributed by atoms with Gasteiger partial charge in [0.1, 0.15) is 0 Å². The van der Waals surface area contributed by atoms with E-state index >= 15 is 0 Å². The van der Waals surface area contributed by atoms with E-state index < -0.39 is 0 Å². The number of nitrogens with one attached hydrogen (secondary N) is 1. The number of benzene rings is 2. The van der Waals surface area contributed by atoms with Gasteiger partial charge in [0.2, 0.25) is 0 Å². The largest absolute Gasteiger partial charge is 0.381 e. The second-order valence-corrected chi connectivity index (χ2v) is 5.78. The highest BCUT2D eigenvalue weighted by Crippen LogP contribution is 2.24. The molecule has 2 aromatic carbocycles. The molecule has 1 aromatic heterocycles. The highest BCUT2D eigenvalue weighted by Gasteiger charge is 2.10. The Bertz CT molecular complexity index is 771. The summed E-state index contributed by atoms with van der Waals surface area (Å²) in [5.41, 5.74) is 8.79. The Labute approximate surface area is 131 Å². The minimum Gasteiger partial charge on any atom is -0.381 e. The second-order valence-electron chi connectivity index (χ2n) is 4.86. The molecule has 0 radical (unpaired) electrons. The number of fused-ring (bicyclic) bond motifs is 1. The summed E-state index contributed by atoms with van der Waals surface area (Å²) < 4.78 is 1.06. The first kappa shape index (κ1) is 13.8. The molecule has 0 aliphatic heterocycles. The molecular weight excluding hydrogens is 328 g/mol. The maximum Gasteiger partial charge on any atom is 0.170 e. The fraction of sp³-hybridized carbons (Fsp3) is 0.125. The number of hydrogen-bond donors (Lipinski definition) is 2. The predicted molar refractivity (Wildman–Crippen MR) is 90.1 cm³/mol. The maximum absolute atomic E-state index is 5.99. The number of anilines is 2. The Hall–Kier alpha value is -2.14. The van der Waals surface area contributed by atoms with Gasteiger partial charge in [-0.25, -0.2) is 9.97 Å². The molecule has 4 nitrogen and oxygen atoms in total. The first-order chi connectivity index (χ1) is 10.1. The van der Waals surface area contributed by atoms with Gasteiger partial charge in [-0.15, -0.1) is 0 Å². The van der Waals surface area contributed by atoms with Crippen LogP contribution < -0.4 is 11.1 Å². The third kappa shape index (κ3) is 2.97. The van der Waals surface area contributed by atoms with Crippen LogP contribution in [0.2, 0.25) is 0 Å². The van der Waals surface area contributed by atoms with E-state index in [0.29, 0.717) is 11.6 Å². The standard InChI is InChI=1S/C16H15BrN4/c1-10(11-6-8-12(17)9-7-11)19-16-15(18)20-13-4-2-3-5-14(13)21-16/h2-10H,1H3,(H2,18,20)(H,19,21). The number of hydrogen-bond acceptors (Lipinski definition) is 4. The van der Waals surface area contributed by atoms with Gasteiger partial charge in [0.05, 0.1) is 17.1 Å². The third-order valence-corrected chi connectivity index (χ3v) is 3.85. The molecule has 0 spiro atoms. The van der Waals surface area contributed by atoms with Gasteiger partial charge in [0.25, 0.3) is 0 Å². The fourth-order valence-corrected chi connectivity index (χ4v) is 2.42. The quantitative estimate of drug-likeness (QED) is 0.750. The molecule has 3 rings (SSSR count). The van der Waals surface area contributed by atoms with Crippen LogP contribution in [0.1, 0.15) is 18.5 Å². The summed E-state index contributed by atoms with van der Waals surface area (Å²) in [6.45, 7) is 2.07. The highest BCUT2D eigenvalue weighted by atomic mass is 79.9. The molecule has 0 saturated heterocycles. The molecule has 0 aliphatic rings. The third-order valence-electron chi connectivity index (χ3n) is 3.32. The molecule has 106 valence electrons. The Morgan fingerprint density at radius 3 is 2.29 bits per heavy atom. The summed E-state index contributed by atoms with van der Waals surface area (Å²) >= 11 is 3.44. The molecule has 1 atom stereocenters. The summed E-state index contributed by atoms with van der Waals surface area (Å²) in [6.07, 6.45) is 0. The normalized spacial score (nSPS) is 12.3. The summed E-state index contributed by atoms with van der Waals surface area (Å²) in [4.78, 5) is 8.93. The first-order valence-corrected chi connectivity index (χ1v) is 7.47. The van der Waals surface area contributed by atoms with Crippen molar-refractivity contribution >= 4 is 38.6 Å². The molecule has 0 fully saturated rings. The van der Waals surface area contributed by atoms with Crippen molar-refractivity contribution in [1.82, 2.24) is 9.97 Å². The lowest BCUT2D eigenvalue weighted by molar-refractivity contribution is 0.875. The van der Waals surface area contributed by atoms with Crippen LogP contribution in [0.5, 0.6) is 0 Å². The topological polar surface area (TPSA) is 63.8 Å². The van der Waals surface area contributed by atoms with Crippen LogP contribution in [0, 0.1) is 0 Å². The number of aromatic nitrogens is 2. The molecule has 0 bridgehead atoms. The SMILES string of the molecule is CC(Nc1nc2ccccc2nc1N)c1ccc(Br)cc1. The van der Waals surface area contributed by atoms with Crippen molar-refractivity contribution in [3.63, 3.8) is 0 Å². The molecule has 3 aromatic rings. The average molecular weight is 343 g/mol. The van der Waals surface area contributed by atoms with Crippen LogP contribution in [0.3, 0.4) is 0 Å². The van der Waals surface area contributed by atoms with Crippen molar-refractivity contribution in [3.05, 3.63) is 58.6 Å². The van der Waals surface area contributed by atoms with Crippen LogP contribution >= 0.6 is 15.9 Å². The maximum atomic E-state index is 5.99. The zero-order valence-corrected chi connectivity index (χ0v) is 13.1. The Morgan fingerprint density at radius 2 is 1.62 bits per heavy atom. The monoisotopic (exact) mass is 342 g/mol. The zero-order valence-electron chi connectivity index (χ0n) is 11.5. The number of rotatable bonds is 3. The van der Waals surface area contributed by atoms with E-state index in [-0.39, 0.29) is 6.04 Å². The number of halogens is 1. The summed E-state index contributed by atoms with van der Waals surface area (Å²) in [5, 5.41) is 3.32. The zero-order chi connectivity index (χ0) is 14.8. The predicted octanol–water partition coefficient (Wildman–Crippen LogP) is 4.15. The van der Waals surface area contributed by atoms with Gasteiger partial charge in [0.15, 0.2) is 11.6 Å². The van der Waals surface area contributed by atoms with Crippen LogP contribution in [0.25, 0.3) is 11.0 Å². The van der Waals surface area contributed by atoms with Crippen molar-refractivity contribution in [2.45, 2.75) is 13.0 Å². The number of nitrogens with two attached hydrogens (primary N) is 1. The van der Waals surface area contributed by atoms with Crippen molar-refractivity contribution < 1.29 is 0 Å². The number of para-hydroxylation sites is 2. The number of nitrogen functional groups attached to an aromatic ring is 1. The van der Waals surface area contributed by atoms with E-state index in [0.717, 1.165) is 21.1 Å². The van der Waals surface area contributed by atoms with Crippen LogP contribution in [-0.2, 0) is 0 Å². The van der Waals surface area contributed by atoms with Gasteiger partial charge >= 0.3 is 0 Å². The van der Waals surface area contributed by atoms with E-state index in [2.05, 4.69) is 50.3 Å². The van der Waals surface area contributed by atoms with E-state index in [9.17, 15) is 0 Å². The number of nitrogens with zero attached hydrogens (tertiary/aromatic N) is 2. The van der Waals surface area contributed by atoms with Gasteiger partial charge in [-0.05, 0) is 36.8 Å². The molecular formula is C16H15BrN4. The van der Waals surface area contributed by atoms with Crippen LogP contribution in [0.15, 0.2) is 53.0 Å². The Balaban J connectivity index is 1.90. The highest BCUT2D eigenvalue weighted by molar-refractivity contribution is 9.10. The van der Waals surface area contributed by atoms with Crippen molar-refractivity contribution in [3.8, 4) is 0 Å². The van der Waals surface area contributed by atoms with Gasteiger partial charge < -0.3 is 11.1 Å². The molecule has 3 N–H and O–H groups in total. The van der Waals surface area contributed by atoms with Gasteiger partial charge in [-0.2, -0.15) is 0 Å². The summed E-state index contributed by atoms with van der Waals surface area (Å²) in [5.74, 6) is 1.03. The van der Waals surface area contributed by atoms with E-state index in [4.69, 9.17) is 5.73 Å². The van der Waals surface area contributed by atoms with Crippen molar-refractivity contribution in [1.29, 1.82) is 0 Å². The second kappa shape index (κ2) is 5.69. The van der Waals surface area contributed by atoms with Crippen molar-refractivity contribution in [2.24, 2.45) is 0 Å². The minimum absolute atomic E-state index is 0.0934. The Morgan fingerprint density at radius 1 is 1.00 bits per heavy atom. The van der Waals surface area contributed by atoms with Gasteiger partial charge in [-0.1, -0.05) is 40.2 Å². The minimum atomic E-state index is 0.0934. The average Bonchev–Trinajstić information content (AvgIpc) is 2.48. The lowest BCUT2D eigenvalue weighted by Crippen LogP contribution is -2.11. The van der Waals surface area contributed by atoms with Gasteiger partial charge in [-0.3, -0.25) is 0 Å². The Kier molecular flexibility index (Phi) is 3.75. The lowest BCUT2D eigenvalue weighted by Gasteiger charge is -2.16. The smallest absolute Gasteiger partial charge is 0.170 e. The molecule has 1 unspecified atom stereocenters. The lowest BCUT2D eigenvalue weighted by atomic mass is 10.1. The van der Waals surface area contributed by atoms with Gasteiger partial charge in [0, 0.05) is 4.47 Å². The van der Waals surface area contributed by atoms with Crippen LogP contribution in [-0.4, -0.2) is 9.97 Å².